The van der Waals surface area contributed by atoms with E-state index in [-0.39, 0.29) is 12.1 Å². The smallest absolute Gasteiger partial charge is 0.410 e. The molecule has 3 heterocycles. The Hall–Kier alpha value is -2.08. The second-order valence-corrected chi connectivity index (χ2v) is 6.18. The Morgan fingerprint density at radius 1 is 1.41 bits per heavy atom. The highest BCUT2D eigenvalue weighted by molar-refractivity contribution is 5.75. The minimum Gasteiger partial charge on any atom is -0.447 e. The summed E-state index contributed by atoms with van der Waals surface area (Å²) in [4.78, 5) is 23.8. The van der Waals surface area contributed by atoms with Crippen molar-refractivity contribution < 1.29 is 9.53 Å². The fourth-order valence-corrected chi connectivity index (χ4v) is 3.31. The summed E-state index contributed by atoms with van der Waals surface area (Å²) in [5.41, 5.74) is 3.37. The number of imidazole rings is 1. The number of amides is 1. The number of nitrogens with one attached hydrogen (secondary N) is 1. The monoisotopic (exact) mass is 300 g/mol. The zero-order valence-electron chi connectivity index (χ0n) is 12.7. The van der Waals surface area contributed by atoms with E-state index < -0.39 is 0 Å². The molecule has 1 amide bonds. The normalized spacial score (nSPS) is 22.1. The van der Waals surface area contributed by atoms with Crippen LogP contribution in [0.1, 0.15) is 11.4 Å². The molecule has 1 N–H and O–H groups in total. The van der Waals surface area contributed by atoms with Gasteiger partial charge in [-0.15, -0.1) is 0 Å². The fourth-order valence-electron chi connectivity index (χ4n) is 3.31. The molecule has 1 atom stereocenters. The molecule has 2 fully saturated rings. The van der Waals surface area contributed by atoms with E-state index in [1.807, 2.05) is 4.90 Å². The van der Waals surface area contributed by atoms with Crippen LogP contribution in [0, 0.1) is 6.92 Å². The maximum atomic E-state index is 11.5. The number of rotatable bonds is 3. The molecule has 0 bridgehead atoms. The van der Waals surface area contributed by atoms with Crippen molar-refractivity contribution in [3.05, 3.63) is 29.6 Å². The molecular formula is C16H20N4O2. The molecule has 0 radical (unpaired) electrons. The Morgan fingerprint density at radius 2 is 2.32 bits per heavy atom. The fraction of sp³-hybridized carbons (Fsp3) is 0.500. The second-order valence-electron chi connectivity index (χ2n) is 6.18. The predicted octanol–water partition coefficient (Wildman–Crippen LogP) is 1.55. The highest BCUT2D eigenvalue weighted by Gasteiger charge is 2.37. The van der Waals surface area contributed by atoms with Gasteiger partial charge >= 0.3 is 6.09 Å². The molecule has 0 saturated carbocycles. The lowest BCUT2D eigenvalue weighted by atomic mass is 10.2. The molecule has 1 aromatic carbocycles. The summed E-state index contributed by atoms with van der Waals surface area (Å²) in [6.45, 7) is 6.14. The molecule has 1 aromatic heterocycles. The number of benzene rings is 1. The lowest BCUT2D eigenvalue weighted by Gasteiger charge is -2.35. The first-order chi connectivity index (χ1) is 10.7. The van der Waals surface area contributed by atoms with Crippen LogP contribution in [0.2, 0.25) is 0 Å². The third kappa shape index (κ3) is 2.43. The van der Waals surface area contributed by atoms with E-state index in [0.717, 1.165) is 49.5 Å². The van der Waals surface area contributed by atoms with Crippen molar-refractivity contribution in [1.82, 2.24) is 19.8 Å². The number of ether oxygens (including phenoxy) is 1. The molecule has 2 saturated heterocycles. The van der Waals surface area contributed by atoms with E-state index in [0.29, 0.717) is 6.61 Å². The molecule has 6 heteroatoms. The Labute approximate surface area is 129 Å². The molecule has 0 spiro atoms. The molecule has 1 unspecified atom stereocenters. The van der Waals surface area contributed by atoms with Gasteiger partial charge < -0.3 is 9.72 Å². The molecule has 2 aromatic rings. The van der Waals surface area contributed by atoms with Gasteiger partial charge in [-0.2, -0.15) is 0 Å². The first-order valence-electron chi connectivity index (χ1n) is 7.80. The summed E-state index contributed by atoms with van der Waals surface area (Å²) in [5.74, 6) is 1.03. The molecular weight excluding hydrogens is 280 g/mol. The molecule has 2 aliphatic heterocycles. The van der Waals surface area contributed by atoms with E-state index >= 15 is 0 Å². The maximum Gasteiger partial charge on any atom is 0.410 e. The summed E-state index contributed by atoms with van der Waals surface area (Å²) in [6.07, 6.45) is 0.743. The number of aryl methyl sites for hydroxylation is 1. The Morgan fingerprint density at radius 3 is 3.23 bits per heavy atom. The number of piperazine rings is 1. The summed E-state index contributed by atoms with van der Waals surface area (Å²) in [7, 11) is 0. The highest BCUT2D eigenvalue weighted by atomic mass is 16.6. The Balaban J connectivity index is 1.38. The van der Waals surface area contributed by atoms with Gasteiger partial charge in [0.25, 0.3) is 0 Å². The van der Waals surface area contributed by atoms with Gasteiger partial charge in [-0.05, 0) is 24.6 Å². The summed E-state index contributed by atoms with van der Waals surface area (Å²) in [6, 6.07) is 6.50. The van der Waals surface area contributed by atoms with E-state index in [9.17, 15) is 4.79 Å². The van der Waals surface area contributed by atoms with Crippen molar-refractivity contribution in [3.63, 3.8) is 0 Å². The van der Waals surface area contributed by atoms with Gasteiger partial charge in [0, 0.05) is 32.6 Å². The zero-order valence-corrected chi connectivity index (χ0v) is 12.7. The van der Waals surface area contributed by atoms with Crippen LogP contribution in [0.5, 0.6) is 0 Å². The molecule has 0 aliphatic carbocycles. The minimum absolute atomic E-state index is 0.155. The summed E-state index contributed by atoms with van der Waals surface area (Å²) < 4.78 is 5.10. The first-order valence-corrected chi connectivity index (χ1v) is 7.80. The van der Waals surface area contributed by atoms with E-state index in [1.54, 1.807) is 0 Å². The predicted molar refractivity (Wildman–Crippen MR) is 82.8 cm³/mol. The van der Waals surface area contributed by atoms with E-state index in [2.05, 4.69) is 40.0 Å². The number of fused-ring (bicyclic) bond motifs is 2. The molecule has 6 nitrogen and oxygen atoms in total. The average Bonchev–Trinajstić information content (AvgIpc) is 3.08. The van der Waals surface area contributed by atoms with E-state index in [4.69, 9.17) is 4.74 Å². The molecule has 4 rings (SSSR count). The molecule has 22 heavy (non-hydrogen) atoms. The van der Waals surface area contributed by atoms with Crippen molar-refractivity contribution in [2.75, 3.05) is 32.8 Å². The second kappa shape index (κ2) is 5.28. The van der Waals surface area contributed by atoms with Crippen molar-refractivity contribution in [3.8, 4) is 0 Å². The quantitative estimate of drug-likeness (QED) is 0.934. The average molecular weight is 300 g/mol. The SMILES string of the molecule is Cc1ccc2nc(CCN3CCN4C(=O)OCC4C3)[nH]c2c1. The standard InChI is InChI=1S/C16H20N4O2/c1-11-2-3-13-14(8-11)18-15(17-13)4-5-19-6-7-20-12(9-19)10-22-16(20)21/h2-3,8,12H,4-7,9-10H2,1H3,(H,17,18). The van der Waals surface area contributed by atoms with Crippen LogP contribution < -0.4 is 0 Å². The molecule has 116 valence electrons. The van der Waals surface area contributed by atoms with Gasteiger partial charge in [-0.3, -0.25) is 9.80 Å². The lowest BCUT2D eigenvalue weighted by molar-refractivity contribution is 0.120. The zero-order chi connectivity index (χ0) is 15.1. The number of hydrogen-bond acceptors (Lipinski definition) is 4. The van der Waals surface area contributed by atoms with Crippen LogP contribution in [0.25, 0.3) is 11.0 Å². The third-order valence-electron chi connectivity index (χ3n) is 4.55. The number of carbonyl (C=O) groups excluding carboxylic acids is 1. The van der Waals surface area contributed by atoms with Gasteiger partial charge in [0.05, 0.1) is 17.1 Å². The van der Waals surface area contributed by atoms with Gasteiger partial charge in [-0.25, -0.2) is 9.78 Å². The number of H-pyrrole nitrogens is 1. The number of aromatic nitrogens is 2. The number of carbonyl (C=O) groups is 1. The van der Waals surface area contributed by atoms with Crippen LogP contribution in [-0.4, -0.2) is 64.7 Å². The van der Waals surface area contributed by atoms with Crippen molar-refractivity contribution in [2.45, 2.75) is 19.4 Å². The van der Waals surface area contributed by atoms with Crippen LogP contribution in [-0.2, 0) is 11.2 Å². The largest absolute Gasteiger partial charge is 0.447 e. The highest BCUT2D eigenvalue weighted by Crippen LogP contribution is 2.18. The van der Waals surface area contributed by atoms with Crippen LogP contribution >= 0.6 is 0 Å². The van der Waals surface area contributed by atoms with Crippen molar-refractivity contribution in [1.29, 1.82) is 0 Å². The minimum atomic E-state index is -0.155. The van der Waals surface area contributed by atoms with Crippen molar-refractivity contribution in [2.24, 2.45) is 0 Å². The number of aromatic amines is 1. The Bertz CT molecular complexity index is 711. The Kier molecular flexibility index (Phi) is 3.26. The summed E-state index contributed by atoms with van der Waals surface area (Å²) in [5, 5.41) is 0. The van der Waals surface area contributed by atoms with Crippen LogP contribution in [0.3, 0.4) is 0 Å². The summed E-state index contributed by atoms with van der Waals surface area (Å²) >= 11 is 0. The maximum absolute atomic E-state index is 11.5. The lowest BCUT2D eigenvalue weighted by Crippen LogP contribution is -2.52. The van der Waals surface area contributed by atoms with Gasteiger partial charge in [0.2, 0.25) is 0 Å². The van der Waals surface area contributed by atoms with Gasteiger partial charge in [0.1, 0.15) is 12.4 Å². The third-order valence-corrected chi connectivity index (χ3v) is 4.55. The van der Waals surface area contributed by atoms with Gasteiger partial charge in [-0.1, -0.05) is 6.07 Å². The number of nitrogens with zero attached hydrogens (tertiary/aromatic N) is 3. The van der Waals surface area contributed by atoms with Crippen LogP contribution in [0.15, 0.2) is 18.2 Å². The number of cyclic esters (lactones) is 1. The van der Waals surface area contributed by atoms with Crippen LogP contribution in [0.4, 0.5) is 4.79 Å². The first kappa shape index (κ1) is 13.6. The topological polar surface area (TPSA) is 61.5 Å². The van der Waals surface area contributed by atoms with Gasteiger partial charge in [0.15, 0.2) is 0 Å². The van der Waals surface area contributed by atoms with Crippen molar-refractivity contribution >= 4 is 17.1 Å². The molecule has 2 aliphatic rings. The number of hydrogen-bond donors (Lipinski definition) is 1. The van der Waals surface area contributed by atoms with E-state index in [1.165, 1.54) is 5.56 Å².